The first-order valence-electron chi connectivity index (χ1n) is 4.30. The second-order valence-corrected chi connectivity index (χ2v) is 2.93. The highest BCUT2D eigenvalue weighted by atomic mass is 16.3. The van der Waals surface area contributed by atoms with Gasteiger partial charge in [-0.15, -0.1) is 10.2 Å². The highest BCUT2D eigenvalue weighted by Gasteiger charge is 2.04. The van der Waals surface area contributed by atoms with Gasteiger partial charge < -0.3 is 5.11 Å². The van der Waals surface area contributed by atoms with Gasteiger partial charge in [-0.1, -0.05) is 29.5 Å². The fourth-order valence-electron chi connectivity index (χ4n) is 1.31. The Hall–Kier alpha value is -1.75. The third-order valence-corrected chi connectivity index (χ3v) is 2.03. The fourth-order valence-corrected chi connectivity index (χ4v) is 1.31. The summed E-state index contributed by atoms with van der Waals surface area (Å²) < 4.78 is 0. The summed E-state index contributed by atoms with van der Waals surface area (Å²) in [6.07, 6.45) is 0.591. The third-order valence-electron chi connectivity index (χ3n) is 2.03. The smallest absolute Gasteiger partial charge is 0.178 e. The number of benzene rings is 1. The van der Waals surface area contributed by atoms with Crippen molar-refractivity contribution in [3.63, 3.8) is 0 Å². The lowest BCUT2D eigenvalue weighted by Crippen LogP contribution is -1.96. The van der Waals surface area contributed by atoms with Crippen LogP contribution < -0.4 is 0 Å². The Morgan fingerprint density at radius 1 is 1.21 bits per heavy atom. The van der Waals surface area contributed by atoms with Crippen molar-refractivity contribution in [1.29, 1.82) is 0 Å². The maximum absolute atomic E-state index is 9.08. The lowest BCUT2D eigenvalue weighted by Gasteiger charge is -2.03. The molecule has 0 aliphatic rings. The van der Waals surface area contributed by atoms with Crippen molar-refractivity contribution in [2.45, 2.75) is 13.0 Å². The molecule has 0 aliphatic heterocycles. The molecule has 5 heteroatoms. The number of aromatic nitrogens is 4. The Bertz CT molecular complexity index is 399. The van der Waals surface area contributed by atoms with Crippen molar-refractivity contribution in [3.05, 3.63) is 41.2 Å². The van der Waals surface area contributed by atoms with Crippen LogP contribution in [0.2, 0.25) is 0 Å². The number of aromatic amines is 1. The Morgan fingerprint density at radius 2 is 2.00 bits per heavy atom. The number of nitrogens with zero attached hydrogens (tertiary/aromatic N) is 3. The maximum Gasteiger partial charge on any atom is 0.178 e. The van der Waals surface area contributed by atoms with Gasteiger partial charge >= 0.3 is 0 Å². The summed E-state index contributed by atoms with van der Waals surface area (Å²) in [5.41, 5.74) is 1.92. The molecule has 14 heavy (non-hydrogen) atoms. The maximum atomic E-state index is 9.08. The van der Waals surface area contributed by atoms with E-state index in [0.29, 0.717) is 12.2 Å². The van der Waals surface area contributed by atoms with Crippen LogP contribution in [0.25, 0.3) is 0 Å². The Morgan fingerprint density at radius 3 is 2.64 bits per heavy atom. The number of tetrazole rings is 1. The van der Waals surface area contributed by atoms with Crippen molar-refractivity contribution in [1.82, 2.24) is 20.6 Å². The van der Waals surface area contributed by atoms with Crippen molar-refractivity contribution in [3.8, 4) is 0 Å². The summed E-state index contributed by atoms with van der Waals surface area (Å²) in [5.74, 6) is 0.630. The summed E-state index contributed by atoms with van der Waals surface area (Å²) in [4.78, 5) is 0. The molecule has 5 nitrogen and oxygen atoms in total. The van der Waals surface area contributed by atoms with Crippen molar-refractivity contribution in [2.24, 2.45) is 0 Å². The first kappa shape index (κ1) is 8.83. The number of nitrogens with one attached hydrogen (secondary N) is 1. The van der Waals surface area contributed by atoms with Crippen LogP contribution in [0, 0.1) is 0 Å². The summed E-state index contributed by atoms with van der Waals surface area (Å²) in [6, 6.07) is 7.65. The number of aliphatic hydroxyl groups excluding tert-OH is 1. The SMILES string of the molecule is OCc1ccccc1Cc1nn[nH]n1. The van der Waals surface area contributed by atoms with Crippen LogP contribution in [0.3, 0.4) is 0 Å². The normalized spacial score (nSPS) is 10.4. The summed E-state index contributed by atoms with van der Waals surface area (Å²) in [5, 5.41) is 22.7. The quantitative estimate of drug-likeness (QED) is 0.729. The highest BCUT2D eigenvalue weighted by Crippen LogP contribution is 2.11. The molecule has 0 aliphatic carbocycles. The molecule has 0 spiro atoms. The van der Waals surface area contributed by atoms with Crippen molar-refractivity contribution >= 4 is 0 Å². The lowest BCUT2D eigenvalue weighted by atomic mass is 10.1. The molecule has 2 N–H and O–H groups in total. The van der Waals surface area contributed by atoms with Crippen LogP contribution in [0.1, 0.15) is 17.0 Å². The van der Waals surface area contributed by atoms with E-state index < -0.39 is 0 Å². The number of hydrogen-bond donors (Lipinski definition) is 2. The Kier molecular flexibility index (Phi) is 2.51. The topological polar surface area (TPSA) is 74.7 Å². The minimum Gasteiger partial charge on any atom is -0.392 e. The van der Waals surface area contributed by atoms with E-state index in [9.17, 15) is 0 Å². The highest BCUT2D eigenvalue weighted by molar-refractivity contribution is 5.28. The van der Waals surface area contributed by atoms with Crippen molar-refractivity contribution in [2.75, 3.05) is 0 Å². The van der Waals surface area contributed by atoms with E-state index in [2.05, 4.69) is 20.6 Å². The first-order chi connectivity index (χ1) is 6.90. The minimum atomic E-state index is 0.0357. The largest absolute Gasteiger partial charge is 0.392 e. The molecule has 0 radical (unpaired) electrons. The zero-order valence-corrected chi connectivity index (χ0v) is 7.51. The molecule has 0 bridgehead atoms. The molecule has 0 saturated carbocycles. The van der Waals surface area contributed by atoms with E-state index in [1.807, 2.05) is 24.3 Å². The van der Waals surface area contributed by atoms with E-state index in [1.54, 1.807) is 0 Å². The molecule has 0 saturated heterocycles. The Balaban J connectivity index is 2.24. The summed E-state index contributed by atoms with van der Waals surface area (Å²) in [7, 11) is 0. The van der Waals surface area contributed by atoms with Crippen molar-refractivity contribution < 1.29 is 5.11 Å². The van der Waals surface area contributed by atoms with E-state index in [1.165, 1.54) is 0 Å². The molecule has 1 aromatic heterocycles. The molecule has 0 fully saturated rings. The number of H-pyrrole nitrogens is 1. The summed E-state index contributed by atoms with van der Waals surface area (Å²) in [6.45, 7) is 0.0357. The van der Waals surface area contributed by atoms with Gasteiger partial charge in [0.25, 0.3) is 0 Å². The van der Waals surface area contributed by atoms with E-state index in [4.69, 9.17) is 5.11 Å². The van der Waals surface area contributed by atoms with Gasteiger partial charge in [-0.2, -0.15) is 5.21 Å². The standard InChI is InChI=1S/C9H10N4O/c14-6-8-4-2-1-3-7(8)5-9-10-12-13-11-9/h1-4,14H,5-6H2,(H,10,11,12,13). The molecule has 0 unspecified atom stereocenters. The van der Waals surface area contributed by atoms with E-state index in [0.717, 1.165) is 11.1 Å². The van der Waals surface area contributed by atoms with Gasteiger partial charge in [0.2, 0.25) is 0 Å². The van der Waals surface area contributed by atoms with Gasteiger partial charge in [0.05, 0.1) is 6.61 Å². The molecular weight excluding hydrogens is 180 g/mol. The van der Waals surface area contributed by atoms with Gasteiger partial charge in [-0.05, 0) is 11.1 Å². The van der Waals surface area contributed by atoms with Crippen LogP contribution in [-0.4, -0.2) is 25.7 Å². The van der Waals surface area contributed by atoms with Gasteiger partial charge in [0, 0.05) is 6.42 Å². The molecule has 2 aromatic rings. The molecule has 0 atom stereocenters. The zero-order chi connectivity index (χ0) is 9.80. The number of aliphatic hydroxyl groups is 1. The second kappa shape index (κ2) is 3.97. The third kappa shape index (κ3) is 1.77. The van der Waals surface area contributed by atoms with Gasteiger partial charge in [0.15, 0.2) is 5.82 Å². The summed E-state index contributed by atoms with van der Waals surface area (Å²) >= 11 is 0. The monoisotopic (exact) mass is 190 g/mol. The first-order valence-corrected chi connectivity index (χ1v) is 4.30. The Labute approximate surface area is 80.8 Å². The van der Waals surface area contributed by atoms with E-state index >= 15 is 0 Å². The molecule has 72 valence electrons. The fraction of sp³-hybridized carbons (Fsp3) is 0.222. The molecular formula is C9H10N4O. The van der Waals surface area contributed by atoms with Crippen LogP contribution in [0.15, 0.2) is 24.3 Å². The zero-order valence-electron chi connectivity index (χ0n) is 7.51. The minimum absolute atomic E-state index is 0.0357. The second-order valence-electron chi connectivity index (χ2n) is 2.93. The van der Waals surface area contributed by atoms with Crippen LogP contribution >= 0.6 is 0 Å². The molecule has 2 rings (SSSR count). The molecule has 1 heterocycles. The van der Waals surface area contributed by atoms with E-state index in [-0.39, 0.29) is 6.61 Å². The van der Waals surface area contributed by atoms with Gasteiger partial charge in [-0.3, -0.25) is 0 Å². The van der Waals surface area contributed by atoms with Gasteiger partial charge in [-0.25, -0.2) is 0 Å². The number of hydrogen-bond acceptors (Lipinski definition) is 4. The molecule has 1 aromatic carbocycles. The predicted octanol–water partition coefficient (Wildman–Crippen LogP) is 0.283. The average Bonchev–Trinajstić information content (AvgIpc) is 2.71. The van der Waals surface area contributed by atoms with Gasteiger partial charge in [0.1, 0.15) is 0 Å². The lowest BCUT2D eigenvalue weighted by molar-refractivity contribution is 0.280. The average molecular weight is 190 g/mol. The predicted molar refractivity (Wildman–Crippen MR) is 49.3 cm³/mol. The number of rotatable bonds is 3. The van der Waals surface area contributed by atoms with Crippen LogP contribution in [0.4, 0.5) is 0 Å². The molecule has 0 amide bonds. The van der Waals surface area contributed by atoms with Crippen LogP contribution in [0.5, 0.6) is 0 Å². The van der Waals surface area contributed by atoms with Crippen LogP contribution in [-0.2, 0) is 13.0 Å².